The molecule has 2 nitrogen and oxygen atoms in total. The Labute approximate surface area is 96.2 Å². The van der Waals surface area contributed by atoms with Crippen LogP contribution in [0.4, 0.5) is 0 Å². The molecule has 86 valence electrons. The lowest BCUT2D eigenvalue weighted by Gasteiger charge is -2.13. The number of thioether (sulfide) groups is 1. The van der Waals surface area contributed by atoms with Crippen molar-refractivity contribution in [1.82, 2.24) is 0 Å². The number of carbonyl (C=O) groups excluding carboxylic acids is 2. The van der Waals surface area contributed by atoms with Gasteiger partial charge in [-0.1, -0.05) is 27.7 Å². The summed E-state index contributed by atoms with van der Waals surface area (Å²) in [6.07, 6.45) is 1.76. The van der Waals surface area contributed by atoms with Crippen molar-refractivity contribution in [3.63, 3.8) is 0 Å². The summed E-state index contributed by atoms with van der Waals surface area (Å²) in [6.45, 7) is 7.72. The minimum absolute atomic E-state index is 0.0673. The second-order valence-corrected chi connectivity index (χ2v) is 6.22. The second kappa shape index (κ2) is 5.15. The van der Waals surface area contributed by atoms with Gasteiger partial charge in [-0.05, 0) is 12.8 Å². The Morgan fingerprint density at radius 2 is 1.27 bits per heavy atom. The lowest BCUT2D eigenvalue weighted by atomic mass is 9.99. The number of hydrogen-bond acceptors (Lipinski definition) is 3. The summed E-state index contributed by atoms with van der Waals surface area (Å²) in [5.74, 6) is 0.795. The Kier molecular flexibility index (Phi) is 4.38. The molecule has 1 aliphatic heterocycles. The summed E-state index contributed by atoms with van der Waals surface area (Å²) in [6, 6.07) is 0. The molecule has 1 aliphatic rings. The highest BCUT2D eigenvalue weighted by Crippen LogP contribution is 2.37. The van der Waals surface area contributed by atoms with Crippen LogP contribution in [-0.2, 0) is 9.59 Å². The Morgan fingerprint density at radius 3 is 1.53 bits per heavy atom. The van der Waals surface area contributed by atoms with Crippen LogP contribution in [0.1, 0.15) is 40.5 Å². The van der Waals surface area contributed by atoms with E-state index in [0.29, 0.717) is 11.6 Å². The van der Waals surface area contributed by atoms with E-state index in [9.17, 15) is 9.59 Å². The maximum Gasteiger partial charge on any atom is 0.148 e. The number of carbonyl (C=O) groups is 2. The maximum absolute atomic E-state index is 11.8. The van der Waals surface area contributed by atoms with Gasteiger partial charge in [0.15, 0.2) is 0 Å². The van der Waals surface area contributed by atoms with Crippen molar-refractivity contribution in [2.24, 2.45) is 11.8 Å². The zero-order chi connectivity index (χ0) is 11.6. The first-order chi connectivity index (χ1) is 6.93. The lowest BCUT2D eigenvalue weighted by Crippen LogP contribution is -2.22. The smallest absolute Gasteiger partial charge is 0.148 e. The van der Waals surface area contributed by atoms with Gasteiger partial charge in [0.1, 0.15) is 11.6 Å². The average Bonchev–Trinajstić information content (AvgIpc) is 2.63. The Balaban J connectivity index is 2.53. The second-order valence-electron chi connectivity index (χ2n) is 4.80. The molecule has 0 saturated carbocycles. The molecule has 1 heterocycles. The highest BCUT2D eigenvalue weighted by atomic mass is 32.2. The molecule has 1 rings (SSSR count). The molecule has 0 aliphatic carbocycles. The van der Waals surface area contributed by atoms with Gasteiger partial charge in [0.25, 0.3) is 0 Å². The molecule has 2 atom stereocenters. The highest BCUT2D eigenvalue weighted by molar-refractivity contribution is 8.02. The average molecular weight is 228 g/mol. The van der Waals surface area contributed by atoms with E-state index in [1.165, 1.54) is 0 Å². The fourth-order valence-corrected chi connectivity index (χ4v) is 3.55. The summed E-state index contributed by atoms with van der Waals surface area (Å²) in [5, 5.41) is 0.135. The molecule has 0 amide bonds. The van der Waals surface area contributed by atoms with Gasteiger partial charge in [-0.2, -0.15) is 0 Å². The molecular weight excluding hydrogens is 208 g/mol. The van der Waals surface area contributed by atoms with Crippen LogP contribution in [0, 0.1) is 11.8 Å². The van der Waals surface area contributed by atoms with Gasteiger partial charge in [-0.15, -0.1) is 11.8 Å². The van der Waals surface area contributed by atoms with Gasteiger partial charge < -0.3 is 0 Å². The first-order valence-corrected chi connectivity index (χ1v) is 6.60. The van der Waals surface area contributed by atoms with E-state index in [0.717, 1.165) is 12.8 Å². The molecular formula is C12H20O2S. The number of Topliss-reactive ketones (excluding diaryl/α,β-unsaturated/α-hetero) is 2. The summed E-state index contributed by atoms with van der Waals surface area (Å²) in [5.41, 5.74) is 0. The molecule has 15 heavy (non-hydrogen) atoms. The van der Waals surface area contributed by atoms with E-state index in [2.05, 4.69) is 0 Å². The molecule has 1 fully saturated rings. The summed E-state index contributed by atoms with van der Waals surface area (Å²) < 4.78 is 0. The molecule has 0 N–H and O–H groups in total. The fourth-order valence-electron chi connectivity index (χ4n) is 1.80. The standard InChI is InChI=1S/C12H20O2S/c1-7(2)11(13)9-5-6-10(15-9)12(14)8(3)4/h7-10H,5-6H2,1-4H3. The van der Waals surface area contributed by atoms with Crippen LogP contribution in [0.15, 0.2) is 0 Å². The van der Waals surface area contributed by atoms with Gasteiger partial charge in [-0.3, -0.25) is 9.59 Å². The topological polar surface area (TPSA) is 34.1 Å². The number of ketones is 2. The van der Waals surface area contributed by atoms with Crippen LogP contribution in [0.5, 0.6) is 0 Å². The van der Waals surface area contributed by atoms with Crippen LogP contribution < -0.4 is 0 Å². The number of rotatable bonds is 4. The normalized spacial score (nSPS) is 26.3. The Bertz CT molecular complexity index is 232. The highest BCUT2D eigenvalue weighted by Gasteiger charge is 2.35. The van der Waals surface area contributed by atoms with Gasteiger partial charge >= 0.3 is 0 Å². The van der Waals surface area contributed by atoms with Crippen molar-refractivity contribution in [3.05, 3.63) is 0 Å². The molecule has 2 unspecified atom stereocenters. The quantitative estimate of drug-likeness (QED) is 0.742. The molecule has 0 aromatic rings. The minimum atomic E-state index is 0.0673. The first-order valence-electron chi connectivity index (χ1n) is 5.66. The van der Waals surface area contributed by atoms with E-state index in [4.69, 9.17) is 0 Å². The van der Waals surface area contributed by atoms with Crippen molar-refractivity contribution in [1.29, 1.82) is 0 Å². The van der Waals surface area contributed by atoms with Crippen molar-refractivity contribution >= 4 is 23.3 Å². The van der Waals surface area contributed by atoms with Crippen LogP contribution in [-0.4, -0.2) is 22.1 Å². The third-order valence-corrected chi connectivity index (χ3v) is 4.39. The van der Waals surface area contributed by atoms with Gasteiger partial charge in [0.05, 0.1) is 10.5 Å². The molecule has 1 saturated heterocycles. The molecule has 0 spiro atoms. The summed E-state index contributed by atoms with van der Waals surface area (Å²) in [4.78, 5) is 23.5. The SMILES string of the molecule is CC(C)C(=O)C1CCC(C(=O)C(C)C)S1. The molecule has 3 heteroatoms. The van der Waals surface area contributed by atoms with Crippen molar-refractivity contribution in [3.8, 4) is 0 Å². The fraction of sp³-hybridized carbons (Fsp3) is 0.833. The lowest BCUT2D eigenvalue weighted by molar-refractivity contribution is -0.122. The minimum Gasteiger partial charge on any atom is -0.298 e. The van der Waals surface area contributed by atoms with Crippen molar-refractivity contribution in [2.75, 3.05) is 0 Å². The van der Waals surface area contributed by atoms with Crippen LogP contribution in [0.3, 0.4) is 0 Å². The van der Waals surface area contributed by atoms with Gasteiger partial charge in [-0.25, -0.2) is 0 Å². The van der Waals surface area contributed by atoms with Gasteiger partial charge in [0.2, 0.25) is 0 Å². The zero-order valence-electron chi connectivity index (χ0n) is 9.95. The van der Waals surface area contributed by atoms with Crippen LogP contribution in [0.2, 0.25) is 0 Å². The maximum atomic E-state index is 11.8. The van der Waals surface area contributed by atoms with E-state index >= 15 is 0 Å². The Hall–Kier alpha value is -0.310. The van der Waals surface area contributed by atoms with E-state index in [1.807, 2.05) is 27.7 Å². The zero-order valence-corrected chi connectivity index (χ0v) is 10.8. The summed E-state index contributed by atoms with van der Waals surface area (Å²) in [7, 11) is 0. The largest absolute Gasteiger partial charge is 0.298 e. The number of hydrogen-bond donors (Lipinski definition) is 0. The summed E-state index contributed by atoms with van der Waals surface area (Å²) >= 11 is 1.58. The first kappa shape index (κ1) is 12.8. The van der Waals surface area contributed by atoms with Crippen molar-refractivity contribution < 1.29 is 9.59 Å². The predicted octanol–water partition coefficient (Wildman–Crippen LogP) is 2.70. The van der Waals surface area contributed by atoms with Crippen LogP contribution >= 0.6 is 11.8 Å². The molecule has 0 radical (unpaired) electrons. The van der Waals surface area contributed by atoms with Gasteiger partial charge in [0, 0.05) is 11.8 Å². The third-order valence-electron chi connectivity index (χ3n) is 2.79. The van der Waals surface area contributed by atoms with Crippen molar-refractivity contribution in [2.45, 2.75) is 51.0 Å². The molecule has 0 bridgehead atoms. The third kappa shape index (κ3) is 3.07. The van der Waals surface area contributed by atoms with E-state index < -0.39 is 0 Å². The molecule has 0 aromatic carbocycles. The Morgan fingerprint density at radius 1 is 0.933 bits per heavy atom. The molecule has 0 aromatic heterocycles. The van der Waals surface area contributed by atoms with E-state index in [1.54, 1.807) is 11.8 Å². The van der Waals surface area contributed by atoms with Crippen LogP contribution in [0.25, 0.3) is 0 Å². The predicted molar refractivity (Wildman–Crippen MR) is 64.1 cm³/mol. The van der Waals surface area contributed by atoms with E-state index in [-0.39, 0.29) is 22.3 Å². The monoisotopic (exact) mass is 228 g/mol.